The van der Waals surface area contributed by atoms with Gasteiger partial charge in [0.2, 0.25) is 11.9 Å². The lowest BCUT2D eigenvalue weighted by molar-refractivity contribution is -0.120. The molecule has 1 aromatic heterocycles. The standard InChI is InChI=1S/C22H31N5O2/c1-27(2)20-12-13-23-22(26-20)25-18-8-4-17(5-9-18)15-24-21(28)14-16-6-10-19(29-3)11-7-16/h6-7,10-13,17-18H,4-5,8-9,14-15H2,1-3H3,(H,24,28)(H,23,25,26)/t17-,18+. The van der Waals surface area contributed by atoms with Crippen LogP contribution in [-0.4, -0.2) is 49.7 Å². The average Bonchev–Trinajstić information content (AvgIpc) is 2.74. The molecular weight excluding hydrogens is 366 g/mol. The third kappa shape index (κ3) is 6.34. The molecule has 0 atom stereocenters. The number of ether oxygens (including phenoxy) is 1. The second kappa shape index (κ2) is 10.1. The van der Waals surface area contributed by atoms with Gasteiger partial charge in [0.25, 0.3) is 0 Å². The molecule has 0 radical (unpaired) electrons. The van der Waals surface area contributed by atoms with Crippen molar-refractivity contribution in [1.29, 1.82) is 0 Å². The van der Waals surface area contributed by atoms with Crippen LogP contribution in [0.4, 0.5) is 11.8 Å². The summed E-state index contributed by atoms with van der Waals surface area (Å²) in [6.45, 7) is 0.744. The lowest BCUT2D eigenvalue weighted by Gasteiger charge is -2.29. The van der Waals surface area contributed by atoms with Crippen molar-refractivity contribution in [3.8, 4) is 5.75 Å². The Morgan fingerprint density at radius 2 is 1.86 bits per heavy atom. The molecule has 1 fully saturated rings. The van der Waals surface area contributed by atoms with Crippen LogP contribution in [0.3, 0.4) is 0 Å². The molecule has 7 nitrogen and oxygen atoms in total. The Hall–Kier alpha value is -2.83. The normalized spacial score (nSPS) is 18.7. The smallest absolute Gasteiger partial charge is 0.224 e. The predicted molar refractivity (Wildman–Crippen MR) is 115 cm³/mol. The molecule has 2 N–H and O–H groups in total. The minimum absolute atomic E-state index is 0.0734. The molecular formula is C22H31N5O2. The number of amides is 1. The van der Waals surface area contributed by atoms with Crippen LogP contribution in [0.15, 0.2) is 36.5 Å². The number of nitrogens with one attached hydrogen (secondary N) is 2. The van der Waals surface area contributed by atoms with E-state index in [-0.39, 0.29) is 5.91 Å². The van der Waals surface area contributed by atoms with Crippen molar-refractivity contribution >= 4 is 17.7 Å². The van der Waals surface area contributed by atoms with Crippen LogP contribution in [0, 0.1) is 5.92 Å². The van der Waals surface area contributed by atoms with Gasteiger partial charge in [-0.3, -0.25) is 4.79 Å². The summed E-state index contributed by atoms with van der Waals surface area (Å²) in [6.07, 6.45) is 6.50. The molecule has 2 aromatic rings. The van der Waals surface area contributed by atoms with Gasteiger partial charge in [0.15, 0.2) is 0 Å². The Bertz CT molecular complexity index is 786. The van der Waals surface area contributed by atoms with Crippen molar-refractivity contribution in [2.45, 2.75) is 38.1 Å². The van der Waals surface area contributed by atoms with Crippen molar-refractivity contribution < 1.29 is 9.53 Å². The number of methoxy groups -OCH3 is 1. The molecule has 29 heavy (non-hydrogen) atoms. The van der Waals surface area contributed by atoms with Crippen LogP contribution in [0.5, 0.6) is 5.75 Å². The maximum Gasteiger partial charge on any atom is 0.224 e. The molecule has 1 heterocycles. The molecule has 0 unspecified atom stereocenters. The highest BCUT2D eigenvalue weighted by Gasteiger charge is 2.22. The molecule has 7 heteroatoms. The molecule has 0 bridgehead atoms. The minimum Gasteiger partial charge on any atom is -0.497 e. The van der Waals surface area contributed by atoms with Crippen LogP contribution in [0.2, 0.25) is 0 Å². The first-order valence-electron chi connectivity index (χ1n) is 10.2. The second-order valence-electron chi connectivity index (χ2n) is 7.82. The molecule has 1 saturated carbocycles. The summed E-state index contributed by atoms with van der Waals surface area (Å²) in [7, 11) is 5.58. The maximum absolute atomic E-state index is 12.2. The van der Waals surface area contributed by atoms with Crippen LogP contribution in [0.1, 0.15) is 31.2 Å². The monoisotopic (exact) mass is 397 g/mol. The highest BCUT2D eigenvalue weighted by molar-refractivity contribution is 5.78. The van der Waals surface area contributed by atoms with Gasteiger partial charge in [-0.15, -0.1) is 0 Å². The molecule has 156 valence electrons. The first-order chi connectivity index (χ1) is 14.0. The maximum atomic E-state index is 12.2. The largest absolute Gasteiger partial charge is 0.497 e. The summed E-state index contributed by atoms with van der Waals surface area (Å²) in [5.74, 6) is 2.99. The number of benzene rings is 1. The van der Waals surface area contributed by atoms with E-state index in [0.717, 1.165) is 49.4 Å². The third-order valence-electron chi connectivity index (χ3n) is 5.39. The Morgan fingerprint density at radius 3 is 2.52 bits per heavy atom. The zero-order valence-corrected chi connectivity index (χ0v) is 17.5. The third-order valence-corrected chi connectivity index (χ3v) is 5.39. The molecule has 0 aliphatic heterocycles. The van der Waals surface area contributed by atoms with Crippen molar-refractivity contribution in [1.82, 2.24) is 15.3 Å². The highest BCUT2D eigenvalue weighted by Crippen LogP contribution is 2.25. The zero-order chi connectivity index (χ0) is 20.6. The molecule has 0 saturated heterocycles. The molecule has 1 amide bonds. The van der Waals surface area contributed by atoms with Crippen LogP contribution in [-0.2, 0) is 11.2 Å². The predicted octanol–water partition coefficient (Wildman–Crippen LogP) is 2.88. The first-order valence-corrected chi connectivity index (χ1v) is 10.2. The fourth-order valence-electron chi connectivity index (χ4n) is 3.61. The second-order valence-corrected chi connectivity index (χ2v) is 7.82. The lowest BCUT2D eigenvalue weighted by atomic mass is 9.86. The van der Waals surface area contributed by atoms with Gasteiger partial charge in [0.05, 0.1) is 13.5 Å². The fourth-order valence-corrected chi connectivity index (χ4v) is 3.61. The lowest BCUT2D eigenvalue weighted by Crippen LogP contribution is -2.34. The van der Waals surface area contributed by atoms with E-state index in [1.807, 2.05) is 49.3 Å². The number of carbonyl (C=O) groups excluding carboxylic acids is 1. The van der Waals surface area contributed by atoms with E-state index in [1.54, 1.807) is 13.3 Å². The summed E-state index contributed by atoms with van der Waals surface area (Å²) in [5, 5.41) is 6.55. The number of carbonyl (C=O) groups is 1. The van der Waals surface area contributed by atoms with Gasteiger partial charge in [-0.25, -0.2) is 4.98 Å². The van der Waals surface area contributed by atoms with Crippen molar-refractivity contribution in [3.63, 3.8) is 0 Å². The average molecular weight is 398 g/mol. The first kappa shape index (κ1) is 20.9. The topological polar surface area (TPSA) is 79.4 Å². The van der Waals surface area contributed by atoms with E-state index in [0.29, 0.717) is 24.3 Å². The van der Waals surface area contributed by atoms with Gasteiger partial charge in [-0.05, 0) is 55.4 Å². The number of hydrogen-bond acceptors (Lipinski definition) is 6. The van der Waals surface area contributed by atoms with Gasteiger partial charge in [-0.2, -0.15) is 4.98 Å². The van der Waals surface area contributed by atoms with Gasteiger partial charge < -0.3 is 20.3 Å². The summed E-state index contributed by atoms with van der Waals surface area (Å²) in [6, 6.07) is 9.92. The van der Waals surface area contributed by atoms with Crippen molar-refractivity contribution in [2.75, 3.05) is 38.0 Å². The minimum atomic E-state index is 0.0734. The molecule has 1 aliphatic rings. The van der Waals surface area contributed by atoms with Crippen LogP contribution in [0.25, 0.3) is 0 Å². The highest BCUT2D eigenvalue weighted by atomic mass is 16.5. The van der Waals surface area contributed by atoms with E-state index in [4.69, 9.17) is 4.74 Å². The number of aromatic nitrogens is 2. The van der Waals surface area contributed by atoms with Crippen LogP contribution < -0.4 is 20.3 Å². The SMILES string of the molecule is COc1ccc(CC(=O)NC[C@H]2CC[C@@H](Nc3nccc(N(C)C)n3)CC2)cc1. The van der Waals surface area contributed by atoms with E-state index >= 15 is 0 Å². The molecule has 1 aliphatic carbocycles. The van der Waals surface area contributed by atoms with Crippen molar-refractivity contribution in [3.05, 3.63) is 42.1 Å². The number of nitrogens with zero attached hydrogens (tertiary/aromatic N) is 3. The van der Waals surface area contributed by atoms with E-state index in [9.17, 15) is 4.79 Å². The summed E-state index contributed by atoms with van der Waals surface area (Å²) in [5.41, 5.74) is 0.996. The van der Waals surface area contributed by atoms with E-state index in [2.05, 4.69) is 20.6 Å². The number of anilines is 2. The Kier molecular flexibility index (Phi) is 7.27. The summed E-state index contributed by atoms with van der Waals surface area (Å²) >= 11 is 0. The summed E-state index contributed by atoms with van der Waals surface area (Å²) in [4.78, 5) is 23.1. The molecule has 1 aromatic carbocycles. The van der Waals surface area contributed by atoms with Crippen molar-refractivity contribution in [2.24, 2.45) is 5.92 Å². The van der Waals surface area contributed by atoms with Gasteiger partial charge >= 0.3 is 0 Å². The Morgan fingerprint density at radius 1 is 1.14 bits per heavy atom. The van der Waals surface area contributed by atoms with Gasteiger partial charge in [0.1, 0.15) is 11.6 Å². The van der Waals surface area contributed by atoms with Gasteiger partial charge in [0, 0.05) is 32.9 Å². The van der Waals surface area contributed by atoms with E-state index in [1.165, 1.54) is 0 Å². The number of rotatable bonds is 8. The van der Waals surface area contributed by atoms with Crippen LogP contribution >= 0.6 is 0 Å². The van der Waals surface area contributed by atoms with Gasteiger partial charge in [-0.1, -0.05) is 12.1 Å². The Labute approximate surface area is 172 Å². The number of hydrogen-bond donors (Lipinski definition) is 2. The quantitative estimate of drug-likeness (QED) is 0.713. The fraction of sp³-hybridized carbons (Fsp3) is 0.500. The summed E-state index contributed by atoms with van der Waals surface area (Å²) < 4.78 is 5.15. The molecule has 0 spiro atoms. The molecule has 3 rings (SSSR count). The zero-order valence-electron chi connectivity index (χ0n) is 17.5. The van der Waals surface area contributed by atoms with E-state index < -0.39 is 0 Å². The Balaban J connectivity index is 1.38.